The number of rotatable bonds is 5. The molecule has 1 aromatic carbocycles. The first-order valence-corrected chi connectivity index (χ1v) is 6.81. The molecule has 0 aliphatic carbocycles. The summed E-state index contributed by atoms with van der Waals surface area (Å²) in [6.07, 6.45) is 0.541. The van der Waals surface area contributed by atoms with Gasteiger partial charge in [-0.05, 0) is 45.2 Å². The van der Waals surface area contributed by atoms with Gasteiger partial charge in [0.1, 0.15) is 5.60 Å². The first kappa shape index (κ1) is 15.7. The maximum atomic E-state index is 12.0. The second-order valence-electron chi connectivity index (χ2n) is 5.18. The van der Waals surface area contributed by atoms with Crippen LogP contribution in [0.25, 0.3) is 0 Å². The van der Waals surface area contributed by atoms with Crippen molar-refractivity contribution in [1.29, 1.82) is 0 Å². The van der Waals surface area contributed by atoms with E-state index in [1.165, 1.54) is 0 Å². The number of carbonyl (C=O) groups excluding carboxylic acids is 1. The molecule has 0 saturated carbocycles. The summed E-state index contributed by atoms with van der Waals surface area (Å²) < 4.78 is 5.07. The van der Waals surface area contributed by atoms with Crippen LogP contribution in [0.4, 0.5) is 0 Å². The zero-order chi connectivity index (χ0) is 14.6. The van der Waals surface area contributed by atoms with Gasteiger partial charge in [-0.1, -0.05) is 30.7 Å². The summed E-state index contributed by atoms with van der Waals surface area (Å²) in [6.45, 7) is 9.61. The Morgan fingerprint density at radius 1 is 1.37 bits per heavy atom. The highest BCUT2D eigenvalue weighted by Crippen LogP contribution is 2.34. The van der Waals surface area contributed by atoms with E-state index in [2.05, 4.69) is 0 Å². The molecule has 0 bridgehead atoms. The molecular formula is C16H24O3. The number of carbonyl (C=O) groups is 1. The zero-order valence-corrected chi connectivity index (χ0v) is 12.5. The lowest BCUT2D eigenvalue weighted by molar-refractivity contribution is -0.158. The molecule has 1 rings (SSSR count). The normalized spacial score (nSPS) is 15.7. The summed E-state index contributed by atoms with van der Waals surface area (Å²) in [6, 6.07) is 5.91. The van der Waals surface area contributed by atoms with E-state index in [1.54, 1.807) is 13.8 Å². The topological polar surface area (TPSA) is 46.5 Å². The molecule has 19 heavy (non-hydrogen) atoms. The van der Waals surface area contributed by atoms with Crippen LogP contribution >= 0.6 is 0 Å². The van der Waals surface area contributed by atoms with Gasteiger partial charge in [-0.3, -0.25) is 4.79 Å². The van der Waals surface area contributed by atoms with E-state index in [0.717, 1.165) is 16.7 Å². The quantitative estimate of drug-likeness (QED) is 0.831. The van der Waals surface area contributed by atoms with Gasteiger partial charge >= 0.3 is 5.97 Å². The van der Waals surface area contributed by atoms with Crippen LogP contribution in [0.3, 0.4) is 0 Å². The van der Waals surface area contributed by atoms with E-state index < -0.39 is 11.5 Å². The first-order chi connectivity index (χ1) is 8.84. The van der Waals surface area contributed by atoms with Crippen molar-refractivity contribution in [1.82, 2.24) is 0 Å². The molecule has 2 atom stereocenters. The Labute approximate surface area is 115 Å². The Bertz CT molecular complexity index is 449. The minimum absolute atomic E-state index is 0.332. The number of hydrogen-bond donors (Lipinski definition) is 1. The number of esters is 1. The van der Waals surface area contributed by atoms with Gasteiger partial charge in [0.15, 0.2) is 0 Å². The van der Waals surface area contributed by atoms with Crippen LogP contribution in [0, 0.1) is 19.8 Å². The second-order valence-corrected chi connectivity index (χ2v) is 5.18. The molecule has 0 saturated heterocycles. The number of aryl methyl sites for hydroxylation is 2. The van der Waals surface area contributed by atoms with Crippen molar-refractivity contribution in [3.8, 4) is 0 Å². The Morgan fingerprint density at radius 3 is 2.53 bits per heavy atom. The average Bonchev–Trinajstić information content (AvgIpc) is 2.33. The predicted molar refractivity (Wildman–Crippen MR) is 75.9 cm³/mol. The summed E-state index contributed by atoms with van der Waals surface area (Å²) >= 11 is 0. The monoisotopic (exact) mass is 264 g/mol. The van der Waals surface area contributed by atoms with Crippen molar-refractivity contribution in [3.63, 3.8) is 0 Å². The van der Waals surface area contributed by atoms with Crippen LogP contribution < -0.4 is 0 Å². The second kappa shape index (κ2) is 6.20. The van der Waals surface area contributed by atoms with E-state index in [0.29, 0.717) is 13.0 Å². The van der Waals surface area contributed by atoms with Crippen LogP contribution in [0.15, 0.2) is 18.2 Å². The van der Waals surface area contributed by atoms with Crippen molar-refractivity contribution >= 4 is 5.97 Å². The molecule has 0 radical (unpaired) electrons. The molecule has 0 fully saturated rings. The van der Waals surface area contributed by atoms with Crippen molar-refractivity contribution in [3.05, 3.63) is 34.9 Å². The summed E-state index contributed by atoms with van der Waals surface area (Å²) in [5.74, 6) is -0.885. The van der Waals surface area contributed by atoms with E-state index in [4.69, 9.17) is 4.74 Å². The summed E-state index contributed by atoms with van der Waals surface area (Å²) in [5, 5.41) is 10.8. The Morgan fingerprint density at radius 2 is 2.00 bits per heavy atom. The maximum Gasteiger partial charge on any atom is 0.312 e. The van der Waals surface area contributed by atoms with Crippen molar-refractivity contribution < 1.29 is 14.6 Å². The summed E-state index contributed by atoms with van der Waals surface area (Å²) in [5.41, 5.74) is 1.64. The van der Waals surface area contributed by atoms with Gasteiger partial charge in [-0.15, -0.1) is 0 Å². The Kier molecular flexibility index (Phi) is 5.12. The van der Waals surface area contributed by atoms with E-state index in [-0.39, 0.29) is 5.97 Å². The number of aliphatic hydroxyl groups is 1. The third-order valence-corrected chi connectivity index (χ3v) is 3.60. The van der Waals surface area contributed by atoms with E-state index in [1.807, 2.05) is 39.0 Å². The Balaban J connectivity index is 3.19. The standard InChI is InChI=1S/C16H24O3/c1-6-13(15(17)19-7-2)16(5,18)14-10-11(3)8-9-12(14)4/h8-10,13,18H,6-7H2,1-5H3. The molecule has 0 amide bonds. The summed E-state index contributed by atoms with van der Waals surface area (Å²) in [7, 11) is 0. The van der Waals surface area contributed by atoms with Gasteiger partial charge in [-0.25, -0.2) is 0 Å². The molecule has 0 aliphatic rings. The lowest BCUT2D eigenvalue weighted by Gasteiger charge is -2.32. The van der Waals surface area contributed by atoms with Gasteiger partial charge in [0.25, 0.3) is 0 Å². The molecule has 1 N–H and O–H groups in total. The molecule has 0 spiro atoms. The largest absolute Gasteiger partial charge is 0.466 e. The van der Waals surface area contributed by atoms with Crippen LogP contribution in [0.1, 0.15) is 43.9 Å². The van der Waals surface area contributed by atoms with Crippen molar-refractivity contribution in [2.75, 3.05) is 6.61 Å². The molecule has 0 heterocycles. The molecule has 0 aliphatic heterocycles. The van der Waals surface area contributed by atoms with Crippen LogP contribution in [-0.4, -0.2) is 17.7 Å². The SMILES string of the molecule is CCOC(=O)C(CC)C(C)(O)c1cc(C)ccc1C. The predicted octanol–water partition coefficient (Wildman–Crippen LogP) is 3.10. The minimum atomic E-state index is -1.21. The molecule has 106 valence electrons. The fourth-order valence-corrected chi connectivity index (χ4v) is 2.51. The first-order valence-electron chi connectivity index (χ1n) is 6.81. The number of ether oxygens (including phenoxy) is 1. The average molecular weight is 264 g/mol. The third-order valence-electron chi connectivity index (χ3n) is 3.60. The number of benzene rings is 1. The number of hydrogen-bond acceptors (Lipinski definition) is 3. The van der Waals surface area contributed by atoms with Gasteiger partial charge in [0, 0.05) is 0 Å². The smallest absolute Gasteiger partial charge is 0.312 e. The fraction of sp³-hybridized carbons (Fsp3) is 0.562. The molecule has 3 heteroatoms. The highest BCUT2D eigenvalue weighted by molar-refractivity contribution is 5.74. The lowest BCUT2D eigenvalue weighted by atomic mass is 9.79. The van der Waals surface area contributed by atoms with Gasteiger partial charge in [0.05, 0.1) is 12.5 Å². The van der Waals surface area contributed by atoms with Gasteiger partial charge < -0.3 is 9.84 Å². The third kappa shape index (κ3) is 3.35. The van der Waals surface area contributed by atoms with E-state index in [9.17, 15) is 9.90 Å². The molecule has 2 unspecified atom stereocenters. The fourth-order valence-electron chi connectivity index (χ4n) is 2.51. The van der Waals surface area contributed by atoms with E-state index >= 15 is 0 Å². The molecule has 0 aromatic heterocycles. The minimum Gasteiger partial charge on any atom is -0.466 e. The zero-order valence-electron chi connectivity index (χ0n) is 12.5. The Hall–Kier alpha value is -1.35. The lowest BCUT2D eigenvalue weighted by Crippen LogP contribution is -2.38. The van der Waals surface area contributed by atoms with Crippen molar-refractivity contribution in [2.24, 2.45) is 5.92 Å². The van der Waals surface area contributed by atoms with Gasteiger partial charge in [-0.2, -0.15) is 0 Å². The van der Waals surface area contributed by atoms with Crippen LogP contribution in [0.5, 0.6) is 0 Å². The highest BCUT2D eigenvalue weighted by Gasteiger charge is 2.39. The highest BCUT2D eigenvalue weighted by atomic mass is 16.5. The summed E-state index contributed by atoms with van der Waals surface area (Å²) in [4.78, 5) is 12.0. The maximum absolute atomic E-state index is 12.0. The molecule has 1 aromatic rings. The van der Waals surface area contributed by atoms with Crippen LogP contribution in [0.2, 0.25) is 0 Å². The van der Waals surface area contributed by atoms with Gasteiger partial charge in [0.2, 0.25) is 0 Å². The van der Waals surface area contributed by atoms with Crippen molar-refractivity contribution in [2.45, 2.75) is 46.6 Å². The van der Waals surface area contributed by atoms with Crippen LogP contribution in [-0.2, 0) is 15.1 Å². The molecule has 3 nitrogen and oxygen atoms in total. The molecular weight excluding hydrogens is 240 g/mol.